The van der Waals surface area contributed by atoms with Crippen LogP contribution < -0.4 is 0 Å². The average molecular weight is 322 g/mol. The van der Waals surface area contributed by atoms with Gasteiger partial charge in [-0.3, -0.25) is 9.69 Å². The third-order valence-electron chi connectivity index (χ3n) is 3.62. The molecule has 0 spiro atoms. The van der Waals surface area contributed by atoms with Crippen LogP contribution in [0.25, 0.3) is 0 Å². The van der Waals surface area contributed by atoms with E-state index < -0.39 is 0 Å². The molecule has 0 radical (unpaired) electrons. The first kappa shape index (κ1) is 21.8. The number of nitrogens with zero attached hydrogens (tertiary/aromatic N) is 1. The molecule has 132 valence electrons. The maximum Gasteiger partial charge on any atom is 0.150 e. The van der Waals surface area contributed by atoms with E-state index in [1.807, 2.05) is 43.4 Å². The summed E-state index contributed by atoms with van der Waals surface area (Å²) in [5.41, 5.74) is 0. The number of aliphatic hydroxyl groups is 1. The van der Waals surface area contributed by atoms with Crippen LogP contribution in [0.1, 0.15) is 58.8 Å². The summed E-state index contributed by atoms with van der Waals surface area (Å²) < 4.78 is 0. The van der Waals surface area contributed by atoms with Gasteiger partial charge in [-0.1, -0.05) is 56.2 Å². The van der Waals surface area contributed by atoms with Crippen LogP contribution in [-0.2, 0) is 4.79 Å². The quantitative estimate of drug-likeness (QED) is 0.361. The van der Waals surface area contributed by atoms with Crippen LogP contribution >= 0.6 is 0 Å². The number of allylic oxidation sites excluding steroid dienone is 6. The lowest BCUT2D eigenvalue weighted by atomic mass is 10.2. The molecule has 0 heterocycles. The molecule has 0 aromatic rings. The van der Waals surface area contributed by atoms with Crippen molar-refractivity contribution >= 4 is 5.78 Å². The molecule has 0 aromatic carbocycles. The van der Waals surface area contributed by atoms with Crippen molar-refractivity contribution in [3.8, 4) is 0 Å². The van der Waals surface area contributed by atoms with Crippen molar-refractivity contribution < 1.29 is 9.90 Å². The van der Waals surface area contributed by atoms with Gasteiger partial charge in [0.05, 0.1) is 6.54 Å². The zero-order valence-electron chi connectivity index (χ0n) is 15.0. The minimum atomic E-state index is 0.264. The highest BCUT2D eigenvalue weighted by Gasteiger charge is 2.09. The predicted octanol–water partition coefficient (Wildman–Crippen LogP) is 4.29. The molecule has 0 unspecified atom stereocenters. The Morgan fingerprint density at radius 1 is 0.957 bits per heavy atom. The number of rotatable bonds is 15. The van der Waals surface area contributed by atoms with Gasteiger partial charge in [-0.15, -0.1) is 0 Å². The molecule has 0 aliphatic heterocycles. The van der Waals surface area contributed by atoms with E-state index in [2.05, 4.69) is 11.8 Å². The summed E-state index contributed by atoms with van der Waals surface area (Å²) >= 11 is 0. The molecule has 0 saturated heterocycles. The molecule has 23 heavy (non-hydrogen) atoms. The summed E-state index contributed by atoms with van der Waals surface area (Å²) in [7, 11) is 0. The zero-order valence-corrected chi connectivity index (χ0v) is 15.0. The van der Waals surface area contributed by atoms with Gasteiger partial charge in [0.1, 0.15) is 0 Å². The second-order valence-corrected chi connectivity index (χ2v) is 5.85. The molecule has 0 fully saturated rings. The van der Waals surface area contributed by atoms with Crippen LogP contribution in [0.3, 0.4) is 0 Å². The summed E-state index contributed by atoms with van der Waals surface area (Å²) in [6.45, 7) is 6.95. The van der Waals surface area contributed by atoms with E-state index >= 15 is 0 Å². The Balaban J connectivity index is 4.12. The lowest BCUT2D eigenvalue weighted by Gasteiger charge is -2.21. The first-order chi connectivity index (χ1) is 11.2. The molecular formula is C20H35NO2. The molecule has 0 bridgehead atoms. The summed E-state index contributed by atoms with van der Waals surface area (Å²) in [5, 5.41) is 8.84. The smallest absolute Gasteiger partial charge is 0.150 e. The average Bonchev–Trinajstić information content (AvgIpc) is 2.54. The highest BCUT2D eigenvalue weighted by molar-refractivity contribution is 5.81. The van der Waals surface area contributed by atoms with Crippen molar-refractivity contribution in [1.29, 1.82) is 0 Å². The Hall–Kier alpha value is -1.19. The second-order valence-electron chi connectivity index (χ2n) is 5.85. The molecule has 0 rings (SSSR count). The highest BCUT2D eigenvalue weighted by Crippen LogP contribution is 2.04. The van der Waals surface area contributed by atoms with E-state index in [9.17, 15) is 4.79 Å². The van der Waals surface area contributed by atoms with Crippen LogP contribution in [-0.4, -0.2) is 42.0 Å². The Bertz CT molecular complexity index is 359. The summed E-state index contributed by atoms with van der Waals surface area (Å²) in [6, 6.07) is 0. The Morgan fingerprint density at radius 2 is 1.65 bits per heavy atom. The van der Waals surface area contributed by atoms with Crippen LogP contribution in [0, 0.1) is 0 Å². The van der Waals surface area contributed by atoms with E-state index in [0.29, 0.717) is 13.0 Å². The monoisotopic (exact) mass is 321 g/mol. The molecule has 3 heteroatoms. The van der Waals surface area contributed by atoms with Gasteiger partial charge < -0.3 is 5.11 Å². The van der Waals surface area contributed by atoms with Gasteiger partial charge in [0.25, 0.3) is 0 Å². The van der Waals surface area contributed by atoms with Crippen molar-refractivity contribution in [2.24, 2.45) is 0 Å². The fourth-order valence-corrected chi connectivity index (χ4v) is 2.31. The Morgan fingerprint density at radius 3 is 2.30 bits per heavy atom. The summed E-state index contributed by atoms with van der Waals surface area (Å²) in [5.74, 6) is 0.277. The minimum Gasteiger partial charge on any atom is -0.396 e. The molecule has 1 N–H and O–H groups in total. The van der Waals surface area contributed by atoms with Crippen LogP contribution in [0.15, 0.2) is 36.5 Å². The van der Waals surface area contributed by atoms with E-state index in [-0.39, 0.29) is 12.4 Å². The topological polar surface area (TPSA) is 40.5 Å². The Labute approximate surface area is 142 Å². The number of ketones is 1. The summed E-state index contributed by atoms with van der Waals surface area (Å²) in [4.78, 5) is 14.4. The predicted molar refractivity (Wildman–Crippen MR) is 99.6 cm³/mol. The van der Waals surface area contributed by atoms with Crippen LogP contribution in [0.5, 0.6) is 0 Å². The SMILES string of the molecule is C/C=C/C=C\C=C\CC(=O)CN(CCCCC)CCCCCO. The number of carbonyl (C=O) groups is 1. The van der Waals surface area contributed by atoms with Gasteiger partial charge in [-0.05, 0) is 45.7 Å². The van der Waals surface area contributed by atoms with Gasteiger partial charge in [0.15, 0.2) is 5.78 Å². The lowest BCUT2D eigenvalue weighted by Crippen LogP contribution is -2.31. The highest BCUT2D eigenvalue weighted by atomic mass is 16.2. The molecule has 0 aromatic heterocycles. The lowest BCUT2D eigenvalue weighted by molar-refractivity contribution is -0.119. The van der Waals surface area contributed by atoms with Crippen molar-refractivity contribution in [1.82, 2.24) is 4.90 Å². The molecule has 0 atom stereocenters. The molecule has 3 nitrogen and oxygen atoms in total. The first-order valence-corrected chi connectivity index (χ1v) is 9.04. The molecular weight excluding hydrogens is 286 g/mol. The van der Waals surface area contributed by atoms with Crippen LogP contribution in [0.4, 0.5) is 0 Å². The minimum absolute atomic E-state index is 0.264. The number of hydrogen-bond acceptors (Lipinski definition) is 3. The number of hydrogen-bond donors (Lipinski definition) is 1. The largest absolute Gasteiger partial charge is 0.396 e. The fourth-order valence-electron chi connectivity index (χ4n) is 2.31. The van der Waals surface area contributed by atoms with E-state index in [1.54, 1.807) is 0 Å². The van der Waals surface area contributed by atoms with Gasteiger partial charge in [0, 0.05) is 13.0 Å². The molecule has 0 aliphatic rings. The van der Waals surface area contributed by atoms with Gasteiger partial charge in [-0.2, -0.15) is 0 Å². The van der Waals surface area contributed by atoms with E-state index in [1.165, 1.54) is 12.8 Å². The molecule has 0 amide bonds. The van der Waals surface area contributed by atoms with Gasteiger partial charge in [-0.25, -0.2) is 0 Å². The zero-order chi connectivity index (χ0) is 17.2. The second kappa shape index (κ2) is 17.2. The van der Waals surface area contributed by atoms with Gasteiger partial charge in [0.2, 0.25) is 0 Å². The summed E-state index contributed by atoms with van der Waals surface area (Å²) in [6.07, 6.45) is 18.7. The fraction of sp³-hybridized carbons (Fsp3) is 0.650. The number of unbranched alkanes of at least 4 members (excludes halogenated alkanes) is 4. The van der Waals surface area contributed by atoms with Gasteiger partial charge >= 0.3 is 0 Å². The maximum absolute atomic E-state index is 12.1. The third-order valence-corrected chi connectivity index (χ3v) is 3.62. The Kier molecular flexibility index (Phi) is 16.3. The standard InChI is InChI=1S/C20H35NO2/c1-3-5-7-8-9-11-15-20(23)19-21(16-12-6-4-2)17-13-10-14-18-22/h3,5,7-9,11,22H,4,6,10,12-19H2,1-2H3/b5-3+,8-7-,11-9+. The van der Waals surface area contributed by atoms with Crippen molar-refractivity contribution in [2.75, 3.05) is 26.2 Å². The van der Waals surface area contributed by atoms with E-state index in [4.69, 9.17) is 5.11 Å². The van der Waals surface area contributed by atoms with Crippen molar-refractivity contribution in [3.05, 3.63) is 36.5 Å². The van der Waals surface area contributed by atoms with Crippen molar-refractivity contribution in [2.45, 2.75) is 58.8 Å². The first-order valence-electron chi connectivity index (χ1n) is 9.04. The maximum atomic E-state index is 12.1. The number of Topliss-reactive ketones (excluding diaryl/α,β-unsaturated/α-hetero) is 1. The normalized spacial score (nSPS) is 12.3. The number of carbonyl (C=O) groups excluding carboxylic acids is 1. The van der Waals surface area contributed by atoms with Crippen molar-refractivity contribution in [3.63, 3.8) is 0 Å². The third kappa shape index (κ3) is 15.5. The molecule has 0 saturated carbocycles. The van der Waals surface area contributed by atoms with E-state index in [0.717, 1.165) is 38.8 Å². The number of aliphatic hydroxyl groups excluding tert-OH is 1. The molecule has 0 aliphatic carbocycles. The van der Waals surface area contributed by atoms with Crippen LogP contribution in [0.2, 0.25) is 0 Å².